The van der Waals surface area contributed by atoms with E-state index in [2.05, 4.69) is 100 Å². The van der Waals surface area contributed by atoms with Gasteiger partial charge in [-0.1, -0.05) is 55.5 Å². The third-order valence-electron chi connectivity index (χ3n) is 11.0. The van der Waals surface area contributed by atoms with Crippen molar-refractivity contribution >= 4 is 28.2 Å². The van der Waals surface area contributed by atoms with E-state index in [1.807, 2.05) is 12.1 Å². The van der Waals surface area contributed by atoms with Gasteiger partial charge in [-0.3, -0.25) is 9.59 Å². The van der Waals surface area contributed by atoms with Crippen molar-refractivity contribution in [1.82, 2.24) is 14.9 Å². The number of H-pyrrole nitrogens is 1. The molecule has 0 amide bonds. The number of nitrogens with zero attached hydrogens (tertiary/aromatic N) is 1. The first-order valence-electron chi connectivity index (χ1n) is 18.3. The molecule has 52 heavy (non-hydrogen) atoms. The van der Waals surface area contributed by atoms with Crippen LogP contribution in [0.5, 0.6) is 11.5 Å². The van der Waals surface area contributed by atoms with Crippen LogP contribution in [-0.4, -0.2) is 46.2 Å². The molecule has 0 saturated heterocycles. The van der Waals surface area contributed by atoms with Gasteiger partial charge in [-0.15, -0.1) is 0 Å². The van der Waals surface area contributed by atoms with E-state index in [9.17, 15) is 14.7 Å². The number of anilines is 1. The summed E-state index contributed by atoms with van der Waals surface area (Å²) in [5.74, 6) is 1.15. The van der Waals surface area contributed by atoms with Crippen LogP contribution >= 0.6 is 0 Å². The summed E-state index contributed by atoms with van der Waals surface area (Å²) in [6, 6.07) is 11.0. The number of aromatic hydroxyl groups is 1. The number of carbonyl (C=O) groups is 2. The first-order chi connectivity index (χ1) is 25.2. The van der Waals surface area contributed by atoms with Crippen LogP contribution in [0.2, 0.25) is 0 Å². The van der Waals surface area contributed by atoms with Crippen LogP contribution in [0.3, 0.4) is 0 Å². The van der Waals surface area contributed by atoms with Gasteiger partial charge in [-0.25, -0.2) is 0 Å². The lowest BCUT2D eigenvalue weighted by atomic mass is 9.66. The summed E-state index contributed by atoms with van der Waals surface area (Å²) in [5.41, 5.74) is 5.43. The van der Waals surface area contributed by atoms with Crippen molar-refractivity contribution in [2.75, 3.05) is 19.0 Å². The number of benzene rings is 2. The minimum Gasteiger partial charge on any atom is -0.504 e. The van der Waals surface area contributed by atoms with Crippen molar-refractivity contribution in [1.29, 1.82) is 0 Å². The number of ether oxygens (including phenoxy) is 2. The van der Waals surface area contributed by atoms with E-state index < -0.39 is 18.1 Å². The van der Waals surface area contributed by atoms with E-state index in [0.717, 1.165) is 60.1 Å². The Labute approximate surface area is 305 Å². The number of aromatic nitrogens is 2. The summed E-state index contributed by atoms with van der Waals surface area (Å²) in [4.78, 5) is 30.0. The molecule has 4 bridgehead atoms. The molecule has 9 nitrogen and oxygen atoms in total. The molecule has 4 aromatic rings. The first kappa shape index (κ1) is 35.0. The minimum absolute atomic E-state index is 0.0183. The molecule has 1 aliphatic carbocycles. The van der Waals surface area contributed by atoms with Gasteiger partial charge in [0.1, 0.15) is 17.7 Å². The summed E-state index contributed by atoms with van der Waals surface area (Å²) in [6.07, 6.45) is 25.3. The Morgan fingerprint density at radius 2 is 1.92 bits per heavy atom. The van der Waals surface area contributed by atoms with Gasteiger partial charge in [0, 0.05) is 67.6 Å². The highest BCUT2D eigenvalue weighted by molar-refractivity contribution is 5.94. The molecular formula is C43H48N4O5. The lowest BCUT2D eigenvalue weighted by molar-refractivity contribution is -0.148. The monoisotopic (exact) mass is 700 g/mol. The number of nitrogens with one attached hydrogen (secondary N) is 3. The second-order valence-corrected chi connectivity index (χ2v) is 14.5. The number of methoxy groups -OCH3 is 1. The summed E-state index contributed by atoms with van der Waals surface area (Å²) < 4.78 is 13.4. The normalized spacial score (nSPS) is 23.9. The van der Waals surface area contributed by atoms with Crippen molar-refractivity contribution in [2.24, 2.45) is 11.3 Å². The van der Waals surface area contributed by atoms with Crippen LogP contribution in [0.25, 0.3) is 10.8 Å². The van der Waals surface area contributed by atoms with E-state index >= 15 is 0 Å². The Balaban J connectivity index is 1.29. The van der Waals surface area contributed by atoms with Gasteiger partial charge in [0.2, 0.25) is 0 Å². The fraction of sp³-hybridized carbons (Fsp3) is 0.349. The highest BCUT2D eigenvalue weighted by Crippen LogP contribution is 2.43. The van der Waals surface area contributed by atoms with Crippen LogP contribution in [-0.2, 0) is 27.2 Å². The molecule has 4 N–H and O–H groups in total. The van der Waals surface area contributed by atoms with Gasteiger partial charge in [0.05, 0.1) is 13.2 Å². The molecule has 4 unspecified atom stereocenters. The molecule has 0 radical (unpaired) electrons. The van der Waals surface area contributed by atoms with E-state index in [0.29, 0.717) is 12.2 Å². The summed E-state index contributed by atoms with van der Waals surface area (Å²) in [7, 11) is 1.52. The molecule has 1 spiro atoms. The predicted molar refractivity (Wildman–Crippen MR) is 204 cm³/mol. The standard InChI is InChI=1S/C43H48N4O5/c1-28-7-4-5-16-43(28)17-14-36(52-29(2)48)21-35(49)22-39(31-12-13-40(50)41(20-31)51-3)47-26-33-8-6-9-38(37(33)27-47)46-42-19-30(15-18-45-42)10-11-32-24-44-25-34(32)23-43/h4-9,12-13,15-16,19-20,24-28,36,39,44-46,50H,10-11,14,17-18,21-23H2,1-3H3. The van der Waals surface area contributed by atoms with Crippen LogP contribution in [0.4, 0.5) is 5.69 Å². The smallest absolute Gasteiger partial charge is 0.302 e. The summed E-state index contributed by atoms with van der Waals surface area (Å²) in [5, 5.41) is 19.6. The Bertz CT molecular complexity index is 2080. The van der Waals surface area contributed by atoms with E-state index in [1.165, 1.54) is 30.7 Å². The molecule has 3 aliphatic rings. The molecule has 7 rings (SSSR count). The average Bonchev–Trinajstić information content (AvgIpc) is 3.77. The zero-order chi connectivity index (χ0) is 36.2. The average molecular weight is 701 g/mol. The largest absolute Gasteiger partial charge is 0.504 e. The number of phenolic OH excluding ortho intramolecular Hbond substituents is 1. The topological polar surface area (TPSA) is 118 Å². The van der Waals surface area contributed by atoms with Crippen molar-refractivity contribution in [3.05, 3.63) is 126 Å². The Kier molecular flexibility index (Phi) is 10.1. The second-order valence-electron chi connectivity index (χ2n) is 14.5. The zero-order valence-corrected chi connectivity index (χ0v) is 30.2. The van der Waals surface area contributed by atoms with Gasteiger partial charge < -0.3 is 34.8 Å². The van der Waals surface area contributed by atoms with Crippen molar-refractivity contribution in [2.45, 2.75) is 70.9 Å². The number of aromatic amines is 1. The molecule has 0 saturated carbocycles. The lowest BCUT2D eigenvalue weighted by Gasteiger charge is -2.38. The quantitative estimate of drug-likeness (QED) is 0.160. The van der Waals surface area contributed by atoms with E-state index in [-0.39, 0.29) is 35.7 Å². The number of phenols is 1. The fourth-order valence-corrected chi connectivity index (χ4v) is 8.08. The number of aryl methyl sites for hydroxylation is 1. The molecule has 4 atom stereocenters. The third-order valence-corrected chi connectivity index (χ3v) is 11.0. The molecule has 0 fully saturated rings. The van der Waals surface area contributed by atoms with Crippen LogP contribution in [0, 0.1) is 11.3 Å². The van der Waals surface area contributed by atoms with Crippen molar-refractivity contribution < 1.29 is 24.2 Å². The van der Waals surface area contributed by atoms with Gasteiger partial charge in [-0.05, 0) is 90.0 Å². The molecule has 2 aromatic carbocycles. The van der Waals surface area contributed by atoms with Gasteiger partial charge in [0.25, 0.3) is 0 Å². The SMILES string of the molecule is COc1cc(C2CC(=O)CC(OC(C)=O)CCC3(C=CC=CC3C)Cc3c[nH]cc3CCC3=CCNC(=C3)Nc3cccc4cn2cc34)ccc1O. The Morgan fingerprint density at radius 1 is 1.06 bits per heavy atom. The summed E-state index contributed by atoms with van der Waals surface area (Å²) >= 11 is 0. The highest BCUT2D eigenvalue weighted by atomic mass is 16.5. The van der Waals surface area contributed by atoms with Crippen molar-refractivity contribution in [3.8, 4) is 11.5 Å². The Hall–Kier alpha value is -5.44. The number of Topliss-reactive ketones (excluding diaryl/α,β-unsaturated/α-hetero) is 1. The second kappa shape index (κ2) is 15.0. The summed E-state index contributed by atoms with van der Waals surface area (Å²) in [6.45, 7) is 4.40. The molecule has 2 aromatic heterocycles. The number of hydrogen-bond acceptors (Lipinski definition) is 7. The maximum Gasteiger partial charge on any atom is 0.302 e. The number of hydrogen-bond donors (Lipinski definition) is 4. The molecule has 9 heteroatoms. The number of carbonyl (C=O) groups excluding carboxylic acids is 2. The van der Waals surface area contributed by atoms with Gasteiger partial charge in [-0.2, -0.15) is 0 Å². The van der Waals surface area contributed by atoms with Crippen LogP contribution in [0.1, 0.15) is 68.7 Å². The van der Waals surface area contributed by atoms with Crippen molar-refractivity contribution in [3.63, 3.8) is 0 Å². The van der Waals surface area contributed by atoms with Crippen LogP contribution < -0.4 is 15.4 Å². The number of ketones is 1. The maximum atomic E-state index is 14.2. The maximum absolute atomic E-state index is 14.2. The van der Waals surface area contributed by atoms with E-state index in [4.69, 9.17) is 9.47 Å². The molecule has 270 valence electrons. The van der Waals surface area contributed by atoms with Gasteiger partial charge >= 0.3 is 5.97 Å². The molecule has 2 aliphatic heterocycles. The molecule has 4 heterocycles. The third kappa shape index (κ3) is 7.59. The zero-order valence-electron chi connectivity index (χ0n) is 30.2. The number of fused-ring (bicyclic) bond motifs is 3. The lowest BCUT2D eigenvalue weighted by Crippen LogP contribution is -2.32. The Morgan fingerprint density at radius 3 is 2.75 bits per heavy atom. The van der Waals surface area contributed by atoms with Crippen LogP contribution in [0.15, 0.2) is 109 Å². The number of dihydropyridines is 1. The fourth-order valence-electron chi connectivity index (χ4n) is 8.08. The van der Waals surface area contributed by atoms with E-state index in [1.54, 1.807) is 12.1 Å². The first-order valence-corrected chi connectivity index (χ1v) is 18.3. The number of esters is 1. The minimum atomic E-state index is -0.561. The molecular weight excluding hydrogens is 652 g/mol. The number of allylic oxidation sites excluding steroid dienone is 6. The van der Waals surface area contributed by atoms with Gasteiger partial charge in [0.15, 0.2) is 11.5 Å². The highest BCUT2D eigenvalue weighted by Gasteiger charge is 2.36. The number of rotatable bonds is 3. The predicted octanol–water partition coefficient (Wildman–Crippen LogP) is 8.05.